The largest absolute Gasteiger partial charge is 0.378 e. The normalized spacial score (nSPS) is 13.6. The minimum atomic E-state index is -0.270. The van der Waals surface area contributed by atoms with Gasteiger partial charge in [-0.25, -0.2) is 14.5 Å². The highest BCUT2D eigenvalue weighted by atomic mass is 16.5. The molecule has 1 aliphatic heterocycles. The Morgan fingerprint density at radius 2 is 1.82 bits per heavy atom. The zero-order valence-electron chi connectivity index (χ0n) is 17.9. The molecule has 2 aromatic carbocycles. The highest BCUT2D eigenvalue weighted by Crippen LogP contribution is 2.24. The summed E-state index contributed by atoms with van der Waals surface area (Å²) in [6.07, 6.45) is 4.67. The van der Waals surface area contributed by atoms with Crippen LogP contribution in [0.5, 0.6) is 0 Å². The molecule has 9 heteroatoms. The lowest BCUT2D eigenvalue weighted by Crippen LogP contribution is -2.36. The number of imidazole rings is 1. The van der Waals surface area contributed by atoms with Crippen LogP contribution in [-0.4, -0.2) is 51.8 Å². The standard InChI is InChI=1S/C24H23N7O2/c1-2-22(32)27-19-5-3-4-17(14-19)23-25-15-21-16-26-24(29-31(21)23)28-18-6-8-20(9-7-18)30-10-12-33-13-11-30/h2-9,14-16H,1,10-13H2,(H,27,32)(H,28,29). The van der Waals surface area contributed by atoms with Crippen molar-refractivity contribution in [2.45, 2.75) is 0 Å². The molecule has 0 unspecified atom stereocenters. The third kappa shape index (κ3) is 4.53. The van der Waals surface area contributed by atoms with Gasteiger partial charge in [-0.1, -0.05) is 18.7 Å². The number of anilines is 4. The molecule has 0 bridgehead atoms. The molecule has 4 aromatic rings. The van der Waals surface area contributed by atoms with Crippen molar-refractivity contribution in [1.29, 1.82) is 0 Å². The average molecular weight is 441 g/mol. The van der Waals surface area contributed by atoms with Gasteiger partial charge in [-0.15, -0.1) is 5.10 Å². The van der Waals surface area contributed by atoms with Crippen molar-refractivity contribution < 1.29 is 9.53 Å². The van der Waals surface area contributed by atoms with Crippen LogP contribution in [0.25, 0.3) is 16.9 Å². The molecule has 1 fully saturated rings. The summed E-state index contributed by atoms with van der Waals surface area (Å²) in [7, 11) is 0. The number of rotatable bonds is 6. The van der Waals surface area contributed by atoms with Gasteiger partial charge in [-0.2, -0.15) is 0 Å². The number of morpholine rings is 1. The fraction of sp³-hybridized carbons (Fsp3) is 0.167. The summed E-state index contributed by atoms with van der Waals surface area (Å²) in [6, 6.07) is 15.6. The first-order valence-corrected chi connectivity index (χ1v) is 10.6. The van der Waals surface area contributed by atoms with Crippen molar-refractivity contribution in [2.24, 2.45) is 0 Å². The number of benzene rings is 2. The fourth-order valence-electron chi connectivity index (χ4n) is 3.69. The predicted octanol–water partition coefficient (Wildman–Crippen LogP) is 3.50. The molecule has 5 rings (SSSR count). The van der Waals surface area contributed by atoms with E-state index in [0.717, 1.165) is 43.1 Å². The van der Waals surface area contributed by atoms with Gasteiger partial charge >= 0.3 is 0 Å². The fourth-order valence-corrected chi connectivity index (χ4v) is 3.69. The van der Waals surface area contributed by atoms with Crippen LogP contribution >= 0.6 is 0 Å². The zero-order valence-corrected chi connectivity index (χ0v) is 17.9. The van der Waals surface area contributed by atoms with Gasteiger partial charge in [0.1, 0.15) is 5.52 Å². The molecule has 0 radical (unpaired) electrons. The van der Waals surface area contributed by atoms with Crippen molar-refractivity contribution >= 4 is 34.4 Å². The minimum Gasteiger partial charge on any atom is -0.378 e. The van der Waals surface area contributed by atoms with Crippen molar-refractivity contribution in [3.63, 3.8) is 0 Å². The van der Waals surface area contributed by atoms with Crippen LogP contribution in [0.2, 0.25) is 0 Å². The van der Waals surface area contributed by atoms with Gasteiger partial charge < -0.3 is 20.3 Å². The van der Waals surface area contributed by atoms with Crippen LogP contribution < -0.4 is 15.5 Å². The molecule has 3 heterocycles. The summed E-state index contributed by atoms with van der Waals surface area (Å²) in [5.74, 6) is 0.832. The molecule has 1 saturated heterocycles. The minimum absolute atomic E-state index is 0.270. The van der Waals surface area contributed by atoms with Gasteiger partial charge in [0.15, 0.2) is 5.82 Å². The van der Waals surface area contributed by atoms with E-state index in [4.69, 9.17) is 4.74 Å². The Morgan fingerprint density at radius 3 is 2.61 bits per heavy atom. The van der Waals surface area contributed by atoms with Crippen LogP contribution in [-0.2, 0) is 9.53 Å². The number of nitrogens with one attached hydrogen (secondary N) is 2. The molecule has 9 nitrogen and oxygen atoms in total. The van der Waals surface area contributed by atoms with E-state index < -0.39 is 0 Å². The van der Waals surface area contributed by atoms with Crippen molar-refractivity contribution in [3.8, 4) is 11.4 Å². The first-order valence-electron chi connectivity index (χ1n) is 10.6. The zero-order chi connectivity index (χ0) is 22.6. The van der Waals surface area contributed by atoms with Gasteiger partial charge in [0.05, 0.1) is 25.6 Å². The van der Waals surface area contributed by atoms with E-state index in [2.05, 4.69) is 49.3 Å². The van der Waals surface area contributed by atoms with Gasteiger partial charge in [0.25, 0.3) is 0 Å². The number of amides is 1. The molecular formula is C24H23N7O2. The van der Waals surface area contributed by atoms with E-state index in [1.165, 1.54) is 11.8 Å². The molecule has 0 atom stereocenters. The molecule has 0 aliphatic carbocycles. The number of hydrogen-bond donors (Lipinski definition) is 2. The highest BCUT2D eigenvalue weighted by Gasteiger charge is 2.12. The molecule has 1 amide bonds. The number of aromatic nitrogens is 4. The summed E-state index contributed by atoms with van der Waals surface area (Å²) in [4.78, 5) is 22.9. The quantitative estimate of drug-likeness (QED) is 0.442. The van der Waals surface area contributed by atoms with Crippen molar-refractivity contribution in [3.05, 3.63) is 73.6 Å². The van der Waals surface area contributed by atoms with Gasteiger partial charge in [-0.3, -0.25) is 4.79 Å². The molecule has 2 aromatic heterocycles. The molecule has 0 spiro atoms. The topological polar surface area (TPSA) is 96.7 Å². The van der Waals surface area contributed by atoms with E-state index in [-0.39, 0.29) is 5.91 Å². The number of fused-ring (bicyclic) bond motifs is 1. The van der Waals surface area contributed by atoms with Crippen molar-refractivity contribution in [2.75, 3.05) is 41.8 Å². The lowest BCUT2D eigenvalue weighted by Gasteiger charge is -2.28. The van der Waals surface area contributed by atoms with Crippen LogP contribution in [0.4, 0.5) is 23.0 Å². The van der Waals surface area contributed by atoms with Crippen LogP contribution in [0.3, 0.4) is 0 Å². The van der Waals surface area contributed by atoms with Crippen LogP contribution in [0, 0.1) is 0 Å². The molecule has 1 aliphatic rings. The maximum Gasteiger partial charge on any atom is 0.247 e. The van der Waals surface area contributed by atoms with E-state index in [1.807, 2.05) is 36.4 Å². The molecular weight excluding hydrogens is 418 g/mol. The second kappa shape index (κ2) is 9.09. The number of nitrogens with zero attached hydrogens (tertiary/aromatic N) is 5. The van der Waals surface area contributed by atoms with Crippen molar-refractivity contribution in [1.82, 2.24) is 19.6 Å². The Hall–Kier alpha value is -4.24. The molecule has 166 valence electrons. The first kappa shape index (κ1) is 20.7. The van der Waals surface area contributed by atoms with Crippen LogP contribution in [0.1, 0.15) is 0 Å². The molecule has 33 heavy (non-hydrogen) atoms. The lowest BCUT2D eigenvalue weighted by molar-refractivity contribution is -0.111. The molecule has 0 saturated carbocycles. The summed E-state index contributed by atoms with van der Waals surface area (Å²) >= 11 is 0. The van der Waals surface area contributed by atoms with E-state index in [0.29, 0.717) is 17.5 Å². The maximum absolute atomic E-state index is 11.6. The first-order chi connectivity index (χ1) is 16.2. The lowest BCUT2D eigenvalue weighted by atomic mass is 10.2. The third-order valence-corrected chi connectivity index (χ3v) is 5.35. The predicted molar refractivity (Wildman–Crippen MR) is 128 cm³/mol. The summed E-state index contributed by atoms with van der Waals surface area (Å²) in [6.45, 7) is 6.79. The Bertz CT molecular complexity index is 1290. The smallest absolute Gasteiger partial charge is 0.247 e. The Balaban J connectivity index is 1.38. The maximum atomic E-state index is 11.6. The highest BCUT2D eigenvalue weighted by molar-refractivity contribution is 5.99. The van der Waals surface area contributed by atoms with E-state index in [9.17, 15) is 4.79 Å². The monoisotopic (exact) mass is 441 g/mol. The summed E-state index contributed by atoms with van der Waals surface area (Å²) in [5.41, 5.74) is 4.29. The number of hydrogen-bond acceptors (Lipinski definition) is 7. The SMILES string of the molecule is C=CC(=O)Nc1cccc(-c2ncc3cnc(Nc4ccc(N5CCOCC5)cc4)nn23)c1. The number of ether oxygens (including phenoxy) is 1. The van der Waals surface area contributed by atoms with E-state index in [1.54, 1.807) is 16.9 Å². The van der Waals surface area contributed by atoms with Gasteiger partial charge in [-0.05, 0) is 42.5 Å². The van der Waals surface area contributed by atoms with E-state index >= 15 is 0 Å². The number of carbonyl (C=O) groups excluding carboxylic acids is 1. The summed E-state index contributed by atoms with van der Waals surface area (Å²) in [5, 5.41) is 10.6. The molecule has 2 N–H and O–H groups in total. The Labute approximate surface area is 190 Å². The van der Waals surface area contributed by atoms with Gasteiger partial charge in [0.2, 0.25) is 11.9 Å². The third-order valence-electron chi connectivity index (χ3n) is 5.35. The average Bonchev–Trinajstić information content (AvgIpc) is 3.28. The second-order valence-corrected chi connectivity index (χ2v) is 7.55. The Morgan fingerprint density at radius 1 is 1.03 bits per heavy atom. The second-order valence-electron chi connectivity index (χ2n) is 7.55. The summed E-state index contributed by atoms with van der Waals surface area (Å²) < 4.78 is 7.15. The Kier molecular flexibility index (Phi) is 5.69. The number of carbonyl (C=O) groups is 1. The van der Waals surface area contributed by atoms with Crippen LogP contribution in [0.15, 0.2) is 73.6 Å². The van der Waals surface area contributed by atoms with Gasteiger partial charge in [0, 0.05) is 35.7 Å².